The zero-order valence-corrected chi connectivity index (χ0v) is 21.4. The van der Waals surface area contributed by atoms with Crippen LogP contribution in [0.5, 0.6) is 34.5 Å². The second-order valence-corrected chi connectivity index (χ2v) is 8.04. The number of carbonyl (C=O) groups is 1. The van der Waals surface area contributed by atoms with Gasteiger partial charge >= 0.3 is 0 Å². The molecule has 1 saturated heterocycles. The van der Waals surface area contributed by atoms with E-state index in [0.29, 0.717) is 40.1 Å². The third kappa shape index (κ3) is 5.07. The minimum absolute atomic E-state index is 0.0735. The van der Waals surface area contributed by atoms with Crippen LogP contribution in [0.3, 0.4) is 0 Å². The van der Waals surface area contributed by atoms with Crippen LogP contribution in [0.4, 0.5) is 0 Å². The average Bonchev–Trinajstić information content (AvgIpc) is 3.21. The highest BCUT2D eigenvalue weighted by molar-refractivity contribution is 5.86. The molecule has 0 radical (unpaired) electrons. The van der Waals surface area contributed by atoms with E-state index in [1.54, 1.807) is 61.0 Å². The van der Waals surface area contributed by atoms with Crippen LogP contribution in [0.2, 0.25) is 0 Å². The van der Waals surface area contributed by atoms with Gasteiger partial charge in [-0.05, 0) is 43.7 Å². The smallest absolute Gasteiger partial charge is 0.258 e. The number of amides is 1. The number of methoxy groups -OCH3 is 6. The Morgan fingerprint density at radius 1 is 0.800 bits per heavy atom. The lowest BCUT2D eigenvalue weighted by molar-refractivity contribution is -0.128. The van der Waals surface area contributed by atoms with Gasteiger partial charge in [0.25, 0.3) is 5.91 Å². The predicted molar refractivity (Wildman–Crippen MR) is 131 cm³/mol. The average molecular weight is 488 g/mol. The Kier molecular flexibility index (Phi) is 8.29. The van der Waals surface area contributed by atoms with Crippen LogP contribution in [0.15, 0.2) is 29.4 Å². The summed E-state index contributed by atoms with van der Waals surface area (Å²) >= 11 is 0. The molecule has 10 nitrogen and oxygen atoms in total. The lowest BCUT2D eigenvalue weighted by Crippen LogP contribution is -2.33. The molecule has 190 valence electrons. The molecule has 1 heterocycles. The molecular formula is C25H33N3O7. The monoisotopic (exact) mass is 487 g/mol. The summed E-state index contributed by atoms with van der Waals surface area (Å²) in [5.41, 5.74) is 1.46. The Morgan fingerprint density at radius 2 is 1.26 bits per heavy atom. The maximum atomic E-state index is 13.1. The molecule has 0 unspecified atom stereocenters. The molecule has 0 N–H and O–H groups in total. The Morgan fingerprint density at radius 3 is 1.66 bits per heavy atom. The van der Waals surface area contributed by atoms with Crippen molar-refractivity contribution in [1.29, 1.82) is 0 Å². The molecular weight excluding hydrogens is 454 g/mol. The zero-order valence-electron chi connectivity index (χ0n) is 21.4. The largest absolute Gasteiger partial charge is 0.493 e. The van der Waals surface area contributed by atoms with E-state index in [-0.39, 0.29) is 18.5 Å². The molecule has 1 aliphatic rings. The first-order valence-corrected chi connectivity index (χ1v) is 11.0. The highest BCUT2D eigenvalue weighted by atomic mass is 16.5. The normalized spacial score (nSPS) is 16.2. The van der Waals surface area contributed by atoms with Crippen molar-refractivity contribution >= 4 is 12.1 Å². The molecule has 0 bridgehead atoms. The minimum atomic E-state index is -0.477. The van der Waals surface area contributed by atoms with Gasteiger partial charge in [-0.25, -0.2) is 5.01 Å². The van der Waals surface area contributed by atoms with Crippen LogP contribution in [-0.4, -0.2) is 77.3 Å². The third-order valence-electron chi connectivity index (χ3n) is 5.79. The van der Waals surface area contributed by atoms with Crippen molar-refractivity contribution in [3.05, 3.63) is 35.4 Å². The van der Waals surface area contributed by atoms with Crippen LogP contribution in [0, 0.1) is 0 Å². The van der Waals surface area contributed by atoms with Crippen molar-refractivity contribution in [3.63, 3.8) is 0 Å². The number of benzene rings is 2. The summed E-state index contributed by atoms with van der Waals surface area (Å²) in [6.45, 7) is 4.28. The van der Waals surface area contributed by atoms with E-state index in [2.05, 4.69) is 10.0 Å². The fourth-order valence-electron chi connectivity index (χ4n) is 4.07. The predicted octanol–water partition coefficient (Wildman–Crippen LogP) is 3.32. The first-order chi connectivity index (χ1) is 16.8. The second-order valence-electron chi connectivity index (χ2n) is 8.04. The van der Waals surface area contributed by atoms with Crippen LogP contribution in [0.1, 0.15) is 31.1 Å². The summed E-state index contributed by atoms with van der Waals surface area (Å²) in [5, 5.41) is 6.04. The van der Waals surface area contributed by atoms with Crippen LogP contribution in [0.25, 0.3) is 0 Å². The van der Waals surface area contributed by atoms with E-state index in [1.165, 1.54) is 5.01 Å². The van der Waals surface area contributed by atoms with E-state index in [1.807, 2.05) is 26.0 Å². The van der Waals surface area contributed by atoms with Gasteiger partial charge < -0.3 is 28.4 Å². The molecule has 35 heavy (non-hydrogen) atoms. The Hall–Kier alpha value is -3.66. The van der Waals surface area contributed by atoms with Gasteiger partial charge in [0.1, 0.15) is 6.17 Å². The van der Waals surface area contributed by atoms with Crippen molar-refractivity contribution in [2.45, 2.75) is 26.1 Å². The van der Waals surface area contributed by atoms with Gasteiger partial charge in [-0.1, -0.05) is 0 Å². The molecule has 2 aromatic carbocycles. The number of carbonyl (C=O) groups excluding carboxylic acids is 1. The topological polar surface area (TPSA) is 91.3 Å². The molecule has 3 rings (SSSR count). The molecule has 0 aliphatic carbocycles. The first-order valence-electron chi connectivity index (χ1n) is 11.0. The van der Waals surface area contributed by atoms with Crippen LogP contribution in [-0.2, 0) is 4.79 Å². The lowest BCUT2D eigenvalue weighted by Gasteiger charge is -2.30. The van der Waals surface area contributed by atoms with Crippen molar-refractivity contribution in [1.82, 2.24) is 9.91 Å². The summed E-state index contributed by atoms with van der Waals surface area (Å²) in [4.78, 5) is 15.1. The quantitative estimate of drug-likeness (QED) is 0.472. The second kappa shape index (κ2) is 11.2. The van der Waals surface area contributed by atoms with E-state index >= 15 is 0 Å². The standard InChI is InChI=1S/C25H33N3O7/c1-15(2)27-14-22(29)28(25(27)17-11-20(32-5)24(35-8)21(12-17)33-6)26-13-16-9-18(30-3)23(34-7)19(10-16)31-4/h9-13,15,25H,14H2,1-8H3/b26-13-/t25-/m0/s1. The van der Waals surface area contributed by atoms with Crippen molar-refractivity contribution < 1.29 is 33.2 Å². The molecule has 10 heteroatoms. The molecule has 2 aromatic rings. The summed E-state index contributed by atoms with van der Waals surface area (Å²) in [6, 6.07) is 7.27. The van der Waals surface area contributed by atoms with Crippen molar-refractivity contribution in [3.8, 4) is 34.5 Å². The summed E-state index contributed by atoms with van der Waals surface area (Å²) in [6.07, 6.45) is 1.12. The zero-order chi connectivity index (χ0) is 25.7. The molecule has 1 fully saturated rings. The highest BCUT2D eigenvalue weighted by Crippen LogP contribution is 2.43. The van der Waals surface area contributed by atoms with Gasteiger partial charge in [-0.3, -0.25) is 9.69 Å². The third-order valence-corrected chi connectivity index (χ3v) is 5.79. The molecule has 1 atom stereocenters. The molecule has 1 aliphatic heterocycles. The summed E-state index contributed by atoms with van der Waals surface area (Å²) in [5.74, 6) is 2.80. The van der Waals surface area contributed by atoms with Crippen LogP contribution < -0.4 is 28.4 Å². The Bertz CT molecular complexity index is 1040. The number of rotatable bonds is 10. The minimum Gasteiger partial charge on any atom is -0.493 e. The highest BCUT2D eigenvalue weighted by Gasteiger charge is 2.41. The van der Waals surface area contributed by atoms with Crippen LogP contribution >= 0.6 is 0 Å². The van der Waals surface area contributed by atoms with Gasteiger partial charge in [-0.2, -0.15) is 5.10 Å². The number of hydrazone groups is 1. The fourth-order valence-corrected chi connectivity index (χ4v) is 4.07. The SMILES string of the molecule is COc1cc(/C=N\N2C(=O)CN(C(C)C)[C@@H]2c2cc(OC)c(OC)c(OC)c2)cc(OC)c1OC. The van der Waals surface area contributed by atoms with E-state index in [9.17, 15) is 4.79 Å². The van der Waals surface area contributed by atoms with Gasteiger partial charge in [0.05, 0.1) is 55.4 Å². The van der Waals surface area contributed by atoms with E-state index < -0.39 is 6.17 Å². The molecule has 0 spiro atoms. The molecule has 1 amide bonds. The Labute approximate surface area is 205 Å². The van der Waals surface area contributed by atoms with Gasteiger partial charge in [0, 0.05) is 11.6 Å². The number of ether oxygens (including phenoxy) is 6. The van der Waals surface area contributed by atoms with Crippen molar-refractivity contribution in [2.75, 3.05) is 49.2 Å². The first kappa shape index (κ1) is 26.0. The lowest BCUT2D eigenvalue weighted by atomic mass is 10.1. The van der Waals surface area contributed by atoms with E-state index in [4.69, 9.17) is 28.4 Å². The van der Waals surface area contributed by atoms with Crippen molar-refractivity contribution in [2.24, 2.45) is 5.10 Å². The van der Waals surface area contributed by atoms with E-state index in [0.717, 1.165) is 5.56 Å². The maximum Gasteiger partial charge on any atom is 0.258 e. The van der Waals surface area contributed by atoms with Gasteiger partial charge in [-0.15, -0.1) is 0 Å². The molecule has 0 saturated carbocycles. The number of hydrogen-bond acceptors (Lipinski definition) is 9. The number of nitrogens with zero attached hydrogens (tertiary/aromatic N) is 3. The van der Waals surface area contributed by atoms with Gasteiger partial charge in [0.15, 0.2) is 23.0 Å². The number of hydrogen-bond donors (Lipinski definition) is 0. The maximum absolute atomic E-state index is 13.1. The Balaban J connectivity index is 2.08. The fraction of sp³-hybridized carbons (Fsp3) is 0.440. The summed E-state index contributed by atoms with van der Waals surface area (Å²) < 4.78 is 32.8. The van der Waals surface area contributed by atoms with Gasteiger partial charge in [0.2, 0.25) is 11.5 Å². The summed E-state index contributed by atoms with van der Waals surface area (Å²) in [7, 11) is 9.29. The molecule has 0 aromatic heterocycles.